The van der Waals surface area contributed by atoms with E-state index >= 15 is 0 Å². The predicted molar refractivity (Wildman–Crippen MR) is 86.0 cm³/mol. The maximum absolute atomic E-state index is 12.1. The number of nitrogens with two attached hydrogens (primary N) is 1. The lowest BCUT2D eigenvalue weighted by Crippen LogP contribution is -2.44. The quantitative estimate of drug-likeness (QED) is 0.624. The van der Waals surface area contributed by atoms with Gasteiger partial charge in [0.25, 0.3) is 5.56 Å². The molecule has 0 aromatic carbocycles. The van der Waals surface area contributed by atoms with Crippen LogP contribution in [0.3, 0.4) is 0 Å². The first kappa shape index (κ1) is 16.8. The highest BCUT2D eigenvalue weighted by atomic mass is 32.2. The smallest absolute Gasteiger partial charge is 0.294 e. The minimum absolute atomic E-state index is 0.0641. The zero-order valence-electron chi connectivity index (χ0n) is 13.2. The Labute approximate surface area is 134 Å². The summed E-state index contributed by atoms with van der Waals surface area (Å²) in [5.41, 5.74) is -0.158. The largest absolute Gasteiger partial charge is 0.352 e. The molecule has 1 heterocycles. The topological polar surface area (TPSA) is 103 Å². The number of nitrogens with one attached hydrogen (secondary N) is 1. The number of amides is 1. The minimum atomic E-state index is -0.396. The van der Waals surface area contributed by atoms with Crippen molar-refractivity contribution in [1.29, 1.82) is 0 Å². The molecule has 3 N–H and O–H groups in total. The van der Waals surface area contributed by atoms with Crippen LogP contribution in [0.2, 0.25) is 0 Å². The highest BCUT2D eigenvalue weighted by Crippen LogP contribution is 2.29. The van der Waals surface area contributed by atoms with Crippen LogP contribution in [0.15, 0.2) is 9.95 Å². The van der Waals surface area contributed by atoms with E-state index in [-0.39, 0.29) is 28.6 Å². The van der Waals surface area contributed by atoms with E-state index in [0.717, 1.165) is 29.3 Å². The predicted octanol–water partition coefficient (Wildman–Crippen LogP) is 0.694. The number of nitrogens with zero attached hydrogens (tertiary/aromatic N) is 3. The summed E-state index contributed by atoms with van der Waals surface area (Å²) in [6, 6.07) is 0.223. The molecule has 1 saturated carbocycles. The van der Waals surface area contributed by atoms with Crippen molar-refractivity contribution in [2.24, 2.45) is 11.8 Å². The van der Waals surface area contributed by atoms with Gasteiger partial charge in [-0.25, -0.2) is 0 Å². The minimum Gasteiger partial charge on any atom is -0.352 e. The molecule has 1 aromatic heterocycles. The molecular weight excluding hydrogens is 302 g/mol. The van der Waals surface area contributed by atoms with Gasteiger partial charge in [0.05, 0.1) is 5.75 Å². The summed E-state index contributed by atoms with van der Waals surface area (Å²) in [5.74, 6) is 6.86. The van der Waals surface area contributed by atoms with Gasteiger partial charge in [0.1, 0.15) is 5.69 Å². The van der Waals surface area contributed by atoms with E-state index < -0.39 is 5.56 Å². The zero-order chi connectivity index (χ0) is 16.3. The highest BCUT2D eigenvalue weighted by molar-refractivity contribution is 7.99. The van der Waals surface area contributed by atoms with E-state index in [0.29, 0.717) is 11.8 Å². The fraction of sp³-hybridized carbons (Fsp3) is 0.714. The van der Waals surface area contributed by atoms with Crippen LogP contribution in [0, 0.1) is 18.8 Å². The van der Waals surface area contributed by atoms with Gasteiger partial charge < -0.3 is 11.2 Å². The first-order valence-electron chi connectivity index (χ1n) is 7.53. The molecule has 1 aromatic rings. The number of rotatable bonds is 4. The third kappa shape index (κ3) is 3.79. The third-order valence-corrected chi connectivity index (χ3v) is 5.35. The molecule has 1 aliphatic carbocycles. The summed E-state index contributed by atoms with van der Waals surface area (Å²) in [5, 5.41) is 10.9. The van der Waals surface area contributed by atoms with Crippen molar-refractivity contribution < 1.29 is 4.79 Å². The monoisotopic (exact) mass is 325 g/mol. The van der Waals surface area contributed by atoms with E-state index in [1.165, 1.54) is 6.42 Å². The second kappa shape index (κ2) is 7.13. The summed E-state index contributed by atoms with van der Waals surface area (Å²) in [6.45, 7) is 5.96. The van der Waals surface area contributed by atoms with Gasteiger partial charge in [-0.2, -0.15) is 4.68 Å². The van der Waals surface area contributed by atoms with Crippen LogP contribution in [0.5, 0.6) is 0 Å². The lowest BCUT2D eigenvalue weighted by atomic mass is 9.78. The Kier molecular flexibility index (Phi) is 5.44. The number of hydrogen-bond donors (Lipinski definition) is 2. The average molecular weight is 325 g/mol. The van der Waals surface area contributed by atoms with Gasteiger partial charge in [-0.3, -0.25) is 9.59 Å². The number of thioether (sulfide) groups is 1. The van der Waals surface area contributed by atoms with Crippen LogP contribution in [0.1, 0.15) is 38.8 Å². The molecule has 22 heavy (non-hydrogen) atoms. The van der Waals surface area contributed by atoms with Crippen LogP contribution in [-0.4, -0.2) is 32.6 Å². The molecule has 3 atom stereocenters. The van der Waals surface area contributed by atoms with Gasteiger partial charge in [-0.15, -0.1) is 10.2 Å². The van der Waals surface area contributed by atoms with Crippen molar-refractivity contribution in [3.63, 3.8) is 0 Å². The number of carbonyl (C=O) groups excluding carboxylic acids is 1. The Bertz CT molecular complexity index is 603. The molecule has 0 spiro atoms. The third-order valence-electron chi connectivity index (χ3n) is 4.41. The Hall–Kier alpha value is -1.57. The summed E-state index contributed by atoms with van der Waals surface area (Å²) in [7, 11) is 0. The number of aryl methyl sites for hydroxylation is 1. The van der Waals surface area contributed by atoms with E-state index in [2.05, 4.69) is 29.4 Å². The molecular formula is C14H23N5O2S. The van der Waals surface area contributed by atoms with Gasteiger partial charge >= 0.3 is 0 Å². The number of hydrogen-bond acceptors (Lipinski definition) is 6. The SMILES string of the molecule is Cc1nnc(SCC(=O)N[C@H]2CCC[C@H](C)[C@@H]2C)n(N)c1=O. The Morgan fingerprint density at radius 3 is 2.86 bits per heavy atom. The summed E-state index contributed by atoms with van der Waals surface area (Å²) in [6.07, 6.45) is 3.39. The van der Waals surface area contributed by atoms with Crippen LogP contribution in [0.4, 0.5) is 0 Å². The number of nitrogen functional groups attached to an aromatic ring is 1. The van der Waals surface area contributed by atoms with Crippen molar-refractivity contribution in [2.45, 2.75) is 51.2 Å². The van der Waals surface area contributed by atoms with Gasteiger partial charge in [-0.05, 0) is 25.2 Å². The fourth-order valence-electron chi connectivity index (χ4n) is 2.73. The van der Waals surface area contributed by atoms with Crippen LogP contribution >= 0.6 is 11.8 Å². The fourth-order valence-corrected chi connectivity index (χ4v) is 3.40. The maximum atomic E-state index is 12.1. The van der Waals surface area contributed by atoms with E-state index in [9.17, 15) is 9.59 Å². The van der Waals surface area contributed by atoms with Gasteiger partial charge in [0.2, 0.25) is 11.1 Å². The average Bonchev–Trinajstić information content (AvgIpc) is 2.49. The molecule has 1 aliphatic rings. The standard InChI is InChI=1S/C14H23N5O2S/c1-8-5-4-6-11(9(8)2)16-12(20)7-22-14-18-17-10(3)13(21)19(14)15/h8-9,11H,4-7,15H2,1-3H3,(H,16,20)/t8-,9-,11-/m0/s1. The Balaban J connectivity index is 1.91. The highest BCUT2D eigenvalue weighted by Gasteiger charge is 2.28. The molecule has 7 nitrogen and oxygen atoms in total. The Morgan fingerprint density at radius 2 is 2.14 bits per heavy atom. The molecule has 0 bridgehead atoms. The molecule has 0 unspecified atom stereocenters. The Morgan fingerprint density at radius 1 is 1.41 bits per heavy atom. The maximum Gasteiger partial charge on any atom is 0.294 e. The second-order valence-electron chi connectivity index (χ2n) is 5.97. The van der Waals surface area contributed by atoms with E-state index in [1.54, 1.807) is 6.92 Å². The van der Waals surface area contributed by atoms with Crippen LogP contribution in [-0.2, 0) is 4.79 Å². The van der Waals surface area contributed by atoms with E-state index in [4.69, 9.17) is 5.84 Å². The number of carbonyl (C=O) groups is 1. The second-order valence-corrected chi connectivity index (χ2v) is 6.92. The first-order valence-corrected chi connectivity index (χ1v) is 8.52. The van der Waals surface area contributed by atoms with Crippen molar-refractivity contribution in [1.82, 2.24) is 20.2 Å². The van der Waals surface area contributed by atoms with Crippen molar-refractivity contribution in [3.8, 4) is 0 Å². The van der Waals surface area contributed by atoms with Crippen molar-refractivity contribution in [2.75, 3.05) is 11.6 Å². The first-order chi connectivity index (χ1) is 10.4. The molecule has 0 aliphatic heterocycles. The van der Waals surface area contributed by atoms with Crippen LogP contribution < -0.4 is 16.7 Å². The summed E-state index contributed by atoms with van der Waals surface area (Å²) < 4.78 is 0.936. The van der Waals surface area contributed by atoms with Gasteiger partial charge in [0.15, 0.2) is 0 Å². The van der Waals surface area contributed by atoms with E-state index in [1.807, 2.05) is 0 Å². The molecule has 1 fully saturated rings. The lowest BCUT2D eigenvalue weighted by Gasteiger charge is -2.34. The molecule has 2 rings (SSSR count). The molecule has 0 saturated heterocycles. The molecule has 1 amide bonds. The van der Waals surface area contributed by atoms with Crippen molar-refractivity contribution >= 4 is 17.7 Å². The number of aromatic nitrogens is 3. The summed E-state index contributed by atoms with van der Waals surface area (Å²) in [4.78, 5) is 23.7. The molecule has 122 valence electrons. The lowest BCUT2D eigenvalue weighted by molar-refractivity contribution is -0.120. The molecule has 0 radical (unpaired) electrons. The molecule has 8 heteroatoms. The normalized spacial score (nSPS) is 25.0. The van der Waals surface area contributed by atoms with Gasteiger partial charge in [-0.1, -0.05) is 38.5 Å². The van der Waals surface area contributed by atoms with Gasteiger partial charge in [0, 0.05) is 6.04 Å². The van der Waals surface area contributed by atoms with Crippen molar-refractivity contribution in [3.05, 3.63) is 16.0 Å². The zero-order valence-corrected chi connectivity index (χ0v) is 14.0. The summed E-state index contributed by atoms with van der Waals surface area (Å²) >= 11 is 1.12. The van der Waals surface area contributed by atoms with Crippen LogP contribution in [0.25, 0.3) is 0 Å².